The van der Waals surface area contributed by atoms with Gasteiger partial charge < -0.3 is 24.2 Å². The third-order valence-electron chi connectivity index (χ3n) is 14.2. The van der Waals surface area contributed by atoms with Crippen molar-refractivity contribution < 1.29 is 33.7 Å². The number of anilines is 3. The van der Waals surface area contributed by atoms with E-state index >= 15 is 0 Å². The number of phenolic OH excluding ortho intramolecular Hbond substituents is 1. The van der Waals surface area contributed by atoms with Gasteiger partial charge in [0.15, 0.2) is 0 Å². The molecule has 0 fully saturated rings. The van der Waals surface area contributed by atoms with Crippen molar-refractivity contribution in [1.29, 1.82) is 0 Å². The number of carbonyl (C=O) groups excluding carboxylic acids is 3. The van der Waals surface area contributed by atoms with Crippen molar-refractivity contribution >= 4 is 46.3 Å². The van der Waals surface area contributed by atoms with Gasteiger partial charge in [0.2, 0.25) is 0 Å². The molecule has 0 spiro atoms. The Balaban J connectivity index is 0.863. The summed E-state index contributed by atoms with van der Waals surface area (Å²) in [7, 11) is 2.51. The van der Waals surface area contributed by atoms with E-state index < -0.39 is 29.7 Å². The van der Waals surface area contributed by atoms with Gasteiger partial charge in [-0.3, -0.25) is 0 Å². The van der Waals surface area contributed by atoms with Gasteiger partial charge in [-0.15, -0.1) is 0 Å². The largest absolute Gasteiger partial charge is 0.508 e. The minimum atomic E-state index is -0.735. The molecular formula is C65H57N3O7. The molecule has 75 heavy (non-hydrogen) atoms. The van der Waals surface area contributed by atoms with Crippen molar-refractivity contribution in [2.24, 2.45) is 10.2 Å². The number of carbonyl (C=O) groups is 3. The van der Waals surface area contributed by atoms with E-state index in [-0.39, 0.29) is 33.5 Å². The molecule has 2 atom stereocenters. The first-order chi connectivity index (χ1) is 36.0. The van der Waals surface area contributed by atoms with E-state index in [9.17, 15) is 19.5 Å². The second-order valence-electron chi connectivity index (χ2n) is 21.0. The SMILES string of the molecule is COC(=O)C1=C(C(=O)OC)C2c3ccc(O)cc3C1c1ccc(OC(=O)c3ccc(N=Nc4ccc(N(c5ccc(-c6ccc(C(C)(C)C)cc6)cc5)c5ccc(-c6ccc(C(C)(C)C)cc6)cc5)cc4)cc3)cc12. The van der Waals surface area contributed by atoms with Crippen LogP contribution < -0.4 is 9.64 Å². The maximum absolute atomic E-state index is 13.6. The second kappa shape index (κ2) is 19.8. The molecule has 8 aromatic carbocycles. The summed E-state index contributed by atoms with van der Waals surface area (Å²) in [4.78, 5) is 42.3. The Morgan fingerprint density at radius 2 is 0.813 bits per heavy atom. The Hall–Kier alpha value is -8.89. The van der Waals surface area contributed by atoms with Crippen LogP contribution in [0.5, 0.6) is 11.5 Å². The zero-order valence-electron chi connectivity index (χ0n) is 43.2. The zero-order valence-corrected chi connectivity index (χ0v) is 43.2. The van der Waals surface area contributed by atoms with E-state index in [1.165, 1.54) is 31.4 Å². The van der Waals surface area contributed by atoms with Crippen LogP contribution in [0.1, 0.15) is 97.1 Å². The molecule has 2 bridgehead atoms. The van der Waals surface area contributed by atoms with Crippen molar-refractivity contribution in [3.8, 4) is 33.8 Å². The number of benzene rings is 8. The average molecular weight is 992 g/mol. The second-order valence-corrected chi connectivity index (χ2v) is 21.0. The molecule has 10 heteroatoms. The van der Waals surface area contributed by atoms with E-state index in [0.29, 0.717) is 28.1 Å². The molecule has 8 aromatic rings. The van der Waals surface area contributed by atoms with Crippen LogP contribution in [0.15, 0.2) is 203 Å². The molecule has 0 saturated carbocycles. The van der Waals surface area contributed by atoms with Gasteiger partial charge in [-0.2, -0.15) is 10.2 Å². The normalized spacial score (nSPS) is 14.8. The standard InChI is InChI=1S/C65H57N3O7/c1-64(2,3)44-19-9-39(10-20-44)41-15-27-48(28-16-41)68(49-29-17-42(18-30-49)40-11-21-45(22-12-40)65(4,5)6)50-31-25-47(26-32-50)67-66-46-23-13-43(14-24-46)61(70)75-52-34-36-54-56(38-52)58-53-35-33-51(69)37-55(53)57(54)59(62(71)73-7)60(58)63(72)74-8/h9-38,57-58,69H,1-8H3. The number of rotatable bonds is 11. The highest BCUT2D eigenvalue weighted by Crippen LogP contribution is 2.57. The monoisotopic (exact) mass is 991 g/mol. The van der Waals surface area contributed by atoms with Crippen molar-refractivity contribution in [3.05, 3.63) is 232 Å². The van der Waals surface area contributed by atoms with Gasteiger partial charge in [0, 0.05) is 28.9 Å². The number of esters is 3. The van der Waals surface area contributed by atoms with Crippen molar-refractivity contribution in [2.75, 3.05) is 19.1 Å². The lowest BCUT2D eigenvalue weighted by molar-refractivity contribution is -0.140. The molecule has 3 aliphatic rings. The molecule has 2 unspecified atom stereocenters. The Morgan fingerprint density at radius 3 is 1.23 bits per heavy atom. The summed E-state index contributed by atoms with van der Waals surface area (Å²) in [5.41, 5.74) is 14.9. The highest BCUT2D eigenvalue weighted by atomic mass is 16.5. The van der Waals surface area contributed by atoms with Gasteiger partial charge in [0.05, 0.1) is 42.3 Å². The van der Waals surface area contributed by atoms with Crippen LogP contribution >= 0.6 is 0 Å². The molecule has 0 amide bonds. The van der Waals surface area contributed by atoms with Gasteiger partial charge in [-0.25, -0.2) is 14.4 Å². The van der Waals surface area contributed by atoms with E-state index in [0.717, 1.165) is 50.4 Å². The maximum Gasteiger partial charge on any atom is 0.343 e. The smallest absolute Gasteiger partial charge is 0.343 e. The highest BCUT2D eigenvalue weighted by Gasteiger charge is 2.48. The van der Waals surface area contributed by atoms with E-state index in [1.54, 1.807) is 54.6 Å². The van der Waals surface area contributed by atoms with Crippen molar-refractivity contribution in [2.45, 2.75) is 64.2 Å². The lowest BCUT2D eigenvalue weighted by Crippen LogP contribution is -2.35. The fourth-order valence-corrected chi connectivity index (χ4v) is 10.1. The summed E-state index contributed by atoms with van der Waals surface area (Å²) in [5.74, 6) is -3.13. The van der Waals surface area contributed by atoms with Crippen molar-refractivity contribution in [3.63, 3.8) is 0 Å². The minimum Gasteiger partial charge on any atom is -0.508 e. The summed E-state index contributed by atoms with van der Waals surface area (Å²) < 4.78 is 16.2. The number of methoxy groups -OCH3 is 2. The van der Waals surface area contributed by atoms with Crippen LogP contribution in [0.4, 0.5) is 28.4 Å². The van der Waals surface area contributed by atoms with E-state index in [4.69, 9.17) is 14.2 Å². The molecule has 0 aliphatic heterocycles. The number of azo groups is 1. The van der Waals surface area contributed by atoms with Crippen LogP contribution in [-0.4, -0.2) is 37.2 Å². The number of ether oxygens (including phenoxy) is 3. The summed E-state index contributed by atoms with van der Waals surface area (Å²) in [6.07, 6.45) is 0. The molecule has 11 rings (SSSR count). The van der Waals surface area contributed by atoms with Crippen LogP contribution in [0.25, 0.3) is 22.3 Å². The lowest BCUT2D eigenvalue weighted by Gasteiger charge is -2.41. The number of hydrogen-bond acceptors (Lipinski definition) is 10. The molecule has 0 saturated heterocycles. The van der Waals surface area contributed by atoms with Gasteiger partial charge in [0.25, 0.3) is 0 Å². The minimum absolute atomic E-state index is 0.0228. The summed E-state index contributed by atoms with van der Waals surface area (Å²) in [6.45, 7) is 13.4. The molecule has 0 aromatic heterocycles. The number of aromatic hydroxyl groups is 1. The van der Waals surface area contributed by atoms with Gasteiger partial charge >= 0.3 is 17.9 Å². The summed E-state index contributed by atoms with van der Waals surface area (Å²) in [5, 5.41) is 19.4. The molecule has 3 aliphatic carbocycles. The third-order valence-corrected chi connectivity index (χ3v) is 14.2. The van der Waals surface area contributed by atoms with Crippen LogP contribution in [-0.2, 0) is 29.9 Å². The van der Waals surface area contributed by atoms with Crippen LogP contribution in [0.3, 0.4) is 0 Å². The van der Waals surface area contributed by atoms with E-state index in [2.05, 4.69) is 154 Å². The van der Waals surface area contributed by atoms with Crippen LogP contribution in [0.2, 0.25) is 0 Å². The number of hydrogen-bond donors (Lipinski definition) is 1. The first kappa shape index (κ1) is 49.7. The lowest BCUT2D eigenvalue weighted by atomic mass is 9.61. The van der Waals surface area contributed by atoms with Gasteiger partial charge in [-0.1, -0.05) is 126 Å². The highest BCUT2D eigenvalue weighted by molar-refractivity contribution is 6.06. The number of nitrogens with zero attached hydrogens (tertiary/aromatic N) is 3. The molecule has 1 N–H and O–H groups in total. The average Bonchev–Trinajstić information content (AvgIpc) is 3.45. The Morgan fingerprint density at radius 1 is 0.440 bits per heavy atom. The predicted molar refractivity (Wildman–Crippen MR) is 294 cm³/mol. The zero-order chi connectivity index (χ0) is 52.8. The molecule has 10 nitrogen and oxygen atoms in total. The Kier molecular flexibility index (Phi) is 13.1. The quantitative estimate of drug-likeness (QED) is 0.0771. The number of phenols is 1. The van der Waals surface area contributed by atoms with Gasteiger partial charge in [-0.05, 0) is 164 Å². The van der Waals surface area contributed by atoms with E-state index in [1.807, 2.05) is 24.3 Å². The molecular weight excluding hydrogens is 935 g/mol. The van der Waals surface area contributed by atoms with Crippen LogP contribution in [0, 0.1) is 0 Å². The van der Waals surface area contributed by atoms with Gasteiger partial charge in [0.1, 0.15) is 11.5 Å². The first-order valence-electron chi connectivity index (χ1n) is 24.9. The fraction of sp³-hybridized carbons (Fsp3) is 0.185. The first-order valence-corrected chi connectivity index (χ1v) is 24.9. The predicted octanol–water partition coefficient (Wildman–Crippen LogP) is 15.7. The Labute approximate surface area is 437 Å². The summed E-state index contributed by atoms with van der Waals surface area (Å²) >= 11 is 0. The molecule has 0 heterocycles. The van der Waals surface area contributed by atoms with Crippen molar-refractivity contribution in [1.82, 2.24) is 0 Å². The maximum atomic E-state index is 13.6. The fourth-order valence-electron chi connectivity index (χ4n) is 10.1. The Bertz CT molecular complexity index is 3430. The summed E-state index contributed by atoms with van der Waals surface area (Å²) in [6, 6.07) is 59.5. The topological polar surface area (TPSA) is 127 Å². The third kappa shape index (κ3) is 9.87. The molecule has 0 radical (unpaired) electrons. The molecule has 374 valence electrons.